The second kappa shape index (κ2) is 7.56. The van der Waals surface area contributed by atoms with Gasteiger partial charge in [-0.15, -0.1) is 0 Å². The number of aromatic nitrogens is 1. The van der Waals surface area contributed by atoms with Crippen molar-refractivity contribution < 1.29 is 9.13 Å². The third-order valence-corrected chi connectivity index (χ3v) is 4.56. The van der Waals surface area contributed by atoms with E-state index in [-0.39, 0.29) is 18.1 Å². The summed E-state index contributed by atoms with van der Waals surface area (Å²) in [5.74, 6) is -0.204. The Bertz CT molecular complexity index is 737. The normalized spacial score (nSPS) is 21.5. The standard InChI is InChI=1S/C17H21FN4O.C2H6/c1-10-3-4-12(14(18)7-10)13-9-22(2)16-15(13)20-21-17(16)23-11-5-6-19-8-11;1-2/h3-4,7,9,11,17,19-21H,5-6,8H2,1-2H3;1-2H3. The third kappa shape index (κ3) is 3.42. The van der Waals surface area contributed by atoms with Gasteiger partial charge in [0.2, 0.25) is 0 Å². The first-order valence-electron chi connectivity index (χ1n) is 8.97. The predicted octanol–water partition coefficient (Wildman–Crippen LogP) is 3.47. The lowest BCUT2D eigenvalue weighted by Gasteiger charge is -2.18. The summed E-state index contributed by atoms with van der Waals surface area (Å²) >= 11 is 0. The molecule has 0 saturated carbocycles. The van der Waals surface area contributed by atoms with Gasteiger partial charge in [0.15, 0.2) is 6.23 Å². The van der Waals surface area contributed by atoms with Crippen LogP contribution in [0, 0.1) is 12.7 Å². The Hall–Kier alpha value is -1.89. The molecule has 5 nitrogen and oxygen atoms in total. The lowest BCUT2D eigenvalue weighted by molar-refractivity contribution is -0.0164. The van der Waals surface area contributed by atoms with Crippen LogP contribution in [0.25, 0.3) is 11.1 Å². The zero-order valence-corrected chi connectivity index (χ0v) is 15.3. The first-order chi connectivity index (χ1) is 12.1. The van der Waals surface area contributed by atoms with Crippen LogP contribution in [0.4, 0.5) is 10.1 Å². The lowest BCUT2D eigenvalue weighted by Crippen LogP contribution is -2.28. The number of anilines is 1. The Labute approximate surface area is 148 Å². The third-order valence-electron chi connectivity index (χ3n) is 4.56. The molecule has 25 heavy (non-hydrogen) atoms. The summed E-state index contributed by atoms with van der Waals surface area (Å²) in [7, 11) is 1.96. The second-order valence-electron chi connectivity index (χ2n) is 6.30. The van der Waals surface area contributed by atoms with Gasteiger partial charge in [-0.2, -0.15) is 0 Å². The molecule has 3 N–H and O–H groups in total. The van der Waals surface area contributed by atoms with Crippen LogP contribution in [-0.4, -0.2) is 23.8 Å². The average molecular weight is 346 g/mol. The van der Waals surface area contributed by atoms with Crippen LogP contribution in [0.1, 0.15) is 37.8 Å². The van der Waals surface area contributed by atoms with Gasteiger partial charge in [-0.3, -0.25) is 0 Å². The van der Waals surface area contributed by atoms with E-state index in [1.807, 2.05) is 50.7 Å². The molecule has 0 spiro atoms. The molecule has 0 radical (unpaired) electrons. The van der Waals surface area contributed by atoms with Crippen molar-refractivity contribution >= 4 is 5.69 Å². The van der Waals surface area contributed by atoms with E-state index in [0.717, 1.165) is 42.0 Å². The van der Waals surface area contributed by atoms with Gasteiger partial charge in [0.1, 0.15) is 5.82 Å². The number of aryl methyl sites for hydroxylation is 2. The maximum atomic E-state index is 14.3. The molecule has 2 aliphatic heterocycles. The van der Waals surface area contributed by atoms with Gasteiger partial charge in [0.05, 0.1) is 17.5 Å². The zero-order valence-electron chi connectivity index (χ0n) is 15.3. The minimum Gasteiger partial charge on any atom is -0.351 e. The van der Waals surface area contributed by atoms with Crippen molar-refractivity contribution in [1.29, 1.82) is 0 Å². The molecule has 2 unspecified atom stereocenters. The maximum absolute atomic E-state index is 14.3. The van der Waals surface area contributed by atoms with Crippen molar-refractivity contribution in [2.75, 3.05) is 18.5 Å². The zero-order chi connectivity index (χ0) is 18.0. The van der Waals surface area contributed by atoms with Crippen LogP contribution < -0.4 is 16.2 Å². The highest BCUT2D eigenvalue weighted by molar-refractivity contribution is 5.81. The number of nitrogens with zero attached hydrogens (tertiary/aromatic N) is 1. The van der Waals surface area contributed by atoms with Crippen molar-refractivity contribution in [3.63, 3.8) is 0 Å². The van der Waals surface area contributed by atoms with Crippen molar-refractivity contribution in [3.05, 3.63) is 41.5 Å². The number of nitrogens with one attached hydrogen (secondary N) is 3. The summed E-state index contributed by atoms with van der Waals surface area (Å²) in [5.41, 5.74) is 10.6. The van der Waals surface area contributed by atoms with E-state index in [1.165, 1.54) is 0 Å². The van der Waals surface area contributed by atoms with Gasteiger partial charge < -0.3 is 20.0 Å². The predicted molar refractivity (Wildman–Crippen MR) is 98.8 cm³/mol. The van der Waals surface area contributed by atoms with Crippen LogP contribution in [0.2, 0.25) is 0 Å². The minimum absolute atomic E-state index is 0.203. The molecule has 2 aromatic rings. The smallest absolute Gasteiger partial charge is 0.168 e. The van der Waals surface area contributed by atoms with E-state index < -0.39 is 0 Å². The monoisotopic (exact) mass is 346 g/mol. The maximum Gasteiger partial charge on any atom is 0.168 e. The van der Waals surface area contributed by atoms with Crippen molar-refractivity contribution in [1.82, 2.24) is 15.3 Å². The fourth-order valence-corrected chi connectivity index (χ4v) is 3.37. The Morgan fingerprint density at radius 2 is 2.04 bits per heavy atom. The Balaban J connectivity index is 0.000000880. The quantitative estimate of drug-likeness (QED) is 0.796. The van der Waals surface area contributed by atoms with Gasteiger partial charge in [-0.05, 0) is 31.5 Å². The number of fused-ring (bicyclic) bond motifs is 1. The van der Waals surface area contributed by atoms with Crippen LogP contribution in [0.3, 0.4) is 0 Å². The van der Waals surface area contributed by atoms with Crippen LogP contribution in [-0.2, 0) is 11.8 Å². The highest BCUT2D eigenvalue weighted by Gasteiger charge is 2.32. The summed E-state index contributed by atoms with van der Waals surface area (Å²) in [5, 5.41) is 3.30. The second-order valence-corrected chi connectivity index (χ2v) is 6.30. The summed E-state index contributed by atoms with van der Waals surface area (Å²) in [4.78, 5) is 0. The molecular weight excluding hydrogens is 319 g/mol. The number of hydrazine groups is 1. The molecule has 1 saturated heterocycles. The van der Waals surface area contributed by atoms with Crippen LogP contribution >= 0.6 is 0 Å². The number of rotatable bonds is 3. The summed E-state index contributed by atoms with van der Waals surface area (Å²) in [6.07, 6.45) is 2.95. The number of hydrogen-bond acceptors (Lipinski definition) is 4. The molecule has 136 valence electrons. The molecule has 2 atom stereocenters. The molecule has 0 aliphatic carbocycles. The first-order valence-corrected chi connectivity index (χ1v) is 8.97. The van der Waals surface area contributed by atoms with Gasteiger partial charge in [0.25, 0.3) is 0 Å². The van der Waals surface area contributed by atoms with E-state index in [9.17, 15) is 4.39 Å². The fourth-order valence-electron chi connectivity index (χ4n) is 3.37. The van der Waals surface area contributed by atoms with E-state index in [4.69, 9.17) is 4.74 Å². The minimum atomic E-state index is -0.220. The lowest BCUT2D eigenvalue weighted by atomic mass is 10.0. The summed E-state index contributed by atoms with van der Waals surface area (Å²) < 4.78 is 22.5. The van der Waals surface area contributed by atoms with Gasteiger partial charge in [-0.1, -0.05) is 26.0 Å². The van der Waals surface area contributed by atoms with Crippen molar-refractivity contribution in [2.45, 2.75) is 39.5 Å². The van der Waals surface area contributed by atoms with Crippen molar-refractivity contribution in [2.24, 2.45) is 7.05 Å². The number of halogens is 1. The van der Waals surface area contributed by atoms with E-state index in [2.05, 4.69) is 16.2 Å². The van der Waals surface area contributed by atoms with Gasteiger partial charge >= 0.3 is 0 Å². The average Bonchev–Trinajstić information content (AvgIpc) is 3.31. The highest BCUT2D eigenvalue weighted by atomic mass is 19.1. The summed E-state index contributed by atoms with van der Waals surface area (Å²) in [6.45, 7) is 7.75. The van der Waals surface area contributed by atoms with Gasteiger partial charge in [0, 0.05) is 30.9 Å². The molecule has 0 amide bonds. The highest BCUT2D eigenvalue weighted by Crippen LogP contribution is 2.40. The van der Waals surface area contributed by atoms with Gasteiger partial charge in [-0.25, -0.2) is 9.82 Å². The van der Waals surface area contributed by atoms with E-state index in [1.54, 1.807) is 6.07 Å². The van der Waals surface area contributed by atoms with E-state index in [0.29, 0.717) is 5.56 Å². The Morgan fingerprint density at radius 3 is 2.72 bits per heavy atom. The molecule has 3 heterocycles. The molecule has 1 aromatic carbocycles. The Kier molecular flexibility index (Phi) is 5.42. The van der Waals surface area contributed by atoms with Crippen LogP contribution in [0.5, 0.6) is 0 Å². The molecule has 2 aliphatic rings. The topological polar surface area (TPSA) is 50.2 Å². The molecule has 1 aromatic heterocycles. The number of hydrogen-bond donors (Lipinski definition) is 3. The van der Waals surface area contributed by atoms with Crippen molar-refractivity contribution in [3.8, 4) is 11.1 Å². The molecule has 1 fully saturated rings. The fraction of sp³-hybridized carbons (Fsp3) is 0.474. The van der Waals surface area contributed by atoms with Crippen LogP contribution in [0.15, 0.2) is 24.4 Å². The molecular formula is C19H27FN4O. The first kappa shape index (κ1) is 17.9. The SMILES string of the molecule is CC.Cc1ccc(-c2cn(C)c3c2NNC3OC2CCNC2)c(F)c1. The molecule has 0 bridgehead atoms. The Morgan fingerprint density at radius 1 is 1.24 bits per heavy atom. The van der Waals surface area contributed by atoms with E-state index >= 15 is 0 Å². The molecule has 4 rings (SSSR count). The summed E-state index contributed by atoms with van der Waals surface area (Å²) in [6, 6.07) is 5.32. The largest absolute Gasteiger partial charge is 0.351 e. The molecule has 6 heteroatoms. The number of benzene rings is 1. The number of ether oxygens (including phenoxy) is 1.